The number of hydrogen-bond acceptors (Lipinski definition) is 5. The second kappa shape index (κ2) is 8.64. The van der Waals surface area contributed by atoms with Crippen molar-refractivity contribution in [2.45, 2.75) is 38.6 Å². The molecule has 0 unspecified atom stereocenters. The van der Waals surface area contributed by atoms with Gasteiger partial charge >= 0.3 is 0 Å². The highest BCUT2D eigenvalue weighted by molar-refractivity contribution is 5.28. The molecule has 0 bridgehead atoms. The fourth-order valence-corrected chi connectivity index (χ4v) is 3.01. The maximum absolute atomic E-state index is 9.17. The quantitative estimate of drug-likeness (QED) is 0.792. The van der Waals surface area contributed by atoms with Crippen LogP contribution in [-0.2, 0) is 13.0 Å². The fourth-order valence-electron chi connectivity index (χ4n) is 3.01. The van der Waals surface area contributed by atoms with E-state index in [4.69, 9.17) is 9.84 Å². The number of aromatic hydroxyl groups is 1. The lowest BCUT2D eigenvalue weighted by molar-refractivity contribution is 0.220. The van der Waals surface area contributed by atoms with Crippen LogP contribution in [0, 0.1) is 0 Å². The van der Waals surface area contributed by atoms with Gasteiger partial charge in [0.15, 0.2) is 5.75 Å². The van der Waals surface area contributed by atoms with Gasteiger partial charge in [0.05, 0.1) is 19.0 Å². The van der Waals surface area contributed by atoms with Crippen LogP contribution in [0.3, 0.4) is 0 Å². The summed E-state index contributed by atoms with van der Waals surface area (Å²) in [6.07, 6.45) is 8.44. The summed E-state index contributed by atoms with van der Waals surface area (Å²) in [5.74, 6) is 1.76. The van der Waals surface area contributed by atoms with Crippen LogP contribution in [0.4, 0.5) is 0 Å². The van der Waals surface area contributed by atoms with E-state index in [0.717, 1.165) is 31.0 Å². The van der Waals surface area contributed by atoms with Crippen LogP contribution in [0.25, 0.3) is 0 Å². The molecule has 1 aromatic heterocycles. The molecular formula is C19H25N3O2. The summed E-state index contributed by atoms with van der Waals surface area (Å²) in [5, 5.41) is 9.17. The molecule has 1 N–H and O–H groups in total. The van der Waals surface area contributed by atoms with Crippen LogP contribution in [-0.4, -0.2) is 39.7 Å². The lowest BCUT2D eigenvalue weighted by atomic mass is 10.1. The van der Waals surface area contributed by atoms with Crippen LogP contribution in [0.15, 0.2) is 36.7 Å². The lowest BCUT2D eigenvalue weighted by Gasteiger charge is -2.26. The Bertz CT molecular complexity index is 625. The predicted molar refractivity (Wildman–Crippen MR) is 93.1 cm³/mol. The van der Waals surface area contributed by atoms with Gasteiger partial charge in [-0.15, -0.1) is 0 Å². The molecule has 1 fully saturated rings. The van der Waals surface area contributed by atoms with Crippen LogP contribution in [0.2, 0.25) is 0 Å². The predicted octanol–water partition coefficient (Wildman–Crippen LogP) is 3.18. The summed E-state index contributed by atoms with van der Waals surface area (Å²) >= 11 is 0. The third kappa shape index (κ3) is 5.20. The molecule has 5 nitrogen and oxygen atoms in total. The van der Waals surface area contributed by atoms with Crippen molar-refractivity contribution >= 4 is 0 Å². The molecule has 2 heterocycles. The van der Waals surface area contributed by atoms with E-state index in [-0.39, 0.29) is 5.75 Å². The van der Waals surface area contributed by atoms with Crippen LogP contribution < -0.4 is 4.74 Å². The van der Waals surface area contributed by atoms with E-state index in [1.807, 2.05) is 6.07 Å². The smallest absolute Gasteiger partial charge is 0.152 e. The first-order valence-corrected chi connectivity index (χ1v) is 8.73. The molecule has 0 atom stereocenters. The van der Waals surface area contributed by atoms with E-state index in [1.54, 1.807) is 0 Å². The number of benzene rings is 1. The Morgan fingerprint density at radius 2 is 1.88 bits per heavy atom. The Hall–Kier alpha value is -2.14. The van der Waals surface area contributed by atoms with Crippen molar-refractivity contribution in [3.63, 3.8) is 0 Å². The Balaban J connectivity index is 1.43. The summed E-state index contributed by atoms with van der Waals surface area (Å²) in [4.78, 5) is 10.7. The van der Waals surface area contributed by atoms with E-state index in [2.05, 4.69) is 33.1 Å². The number of aryl methyl sites for hydroxylation is 1. The highest BCUT2D eigenvalue weighted by Gasteiger charge is 2.10. The molecule has 0 amide bonds. The van der Waals surface area contributed by atoms with Crippen molar-refractivity contribution in [1.82, 2.24) is 14.9 Å². The lowest BCUT2D eigenvalue weighted by Crippen LogP contribution is -2.29. The van der Waals surface area contributed by atoms with Gasteiger partial charge in [-0.2, -0.15) is 0 Å². The molecule has 0 aliphatic carbocycles. The molecule has 2 aromatic rings. The zero-order valence-electron chi connectivity index (χ0n) is 14.0. The molecular weight excluding hydrogens is 302 g/mol. The van der Waals surface area contributed by atoms with Crippen molar-refractivity contribution in [3.8, 4) is 11.5 Å². The highest BCUT2D eigenvalue weighted by atomic mass is 16.5. The fraction of sp³-hybridized carbons (Fsp3) is 0.474. The molecule has 128 valence electrons. The maximum Gasteiger partial charge on any atom is 0.152 e. The topological polar surface area (TPSA) is 58.5 Å². The average molecular weight is 327 g/mol. The number of nitrogens with zero attached hydrogens (tertiary/aromatic N) is 3. The second-order valence-corrected chi connectivity index (χ2v) is 6.29. The molecule has 0 spiro atoms. The number of aromatic nitrogens is 2. The number of rotatable bonds is 7. The number of hydrogen-bond donors (Lipinski definition) is 1. The third-order valence-corrected chi connectivity index (χ3v) is 4.26. The molecule has 0 radical (unpaired) electrons. The molecule has 24 heavy (non-hydrogen) atoms. The van der Waals surface area contributed by atoms with Gasteiger partial charge in [0.1, 0.15) is 11.6 Å². The molecule has 5 heteroatoms. The van der Waals surface area contributed by atoms with E-state index in [9.17, 15) is 0 Å². The first-order chi connectivity index (χ1) is 11.8. The average Bonchev–Trinajstić information content (AvgIpc) is 2.61. The first-order valence-electron chi connectivity index (χ1n) is 8.73. The van der Waals surface area contributed by atoms with Crippen LogP contribution >= 0.6 is 0 Å². The highest BCUT2D eigenvalue weighted by Crippen LogP contribution is 2.18. The normalized spacial score (nSPS) is 15.3. The number of likely N-dealkylation sites (tertiary alicyclic amines) is 1. The minimum absolute atomic E-state index is 0.0977. The van der Waals surface area contributed by atoms with Crippen molar-refractivity contribution in [1.29, 1.82) is 0 Å². The molecule has 1 aliphatic heterocycles. The van der Waals surface area contributed by atoms with Crippen LogP contribution in [0.1, 0.15) is 37.1 Å². The summed E-state index contributed by atoms with van der Waals surface area (Å²) in [6, 6.07) is 8.39. The second-order valence-electron chi connectivity index (χ2n) is 6.29. The number of piperidine rings is 1. The summed E-state index contributed by atoms with van der Waals surface area (Å²) in [7, 11) is 0. The van der Waals surface area contributed by atoms with E-state index in [1.165, 1.54) is 50.3 Å². The summed E-state index contributed by atoms with van der Waals surface area (Å²) < 4.78 is 5.86. The van der Waals surface area contributed by atoms with Crippen molar-refractivity contribution < 1.29 is 9.84 Å². The Kier molecular flexibility index (Phi) is 6.01. The molecule has 1 saturated heterocycles. The Morgan fingerprint density at radius 3 is 2.67 bits per heavy atom. The van der Waals surface area contributed by atoms with E-state index >= 15 is 0 Å². The Labute approximate surface area is 143 Å². The minimum Gasteiger partial charge on any atom is -0.505 e. The minimum atomic E-state index is 0.0977. The zero-order chi connectivity index (χ0) is 16.6. The summed E-state index contributed by atoms with van der Waals surface area (Å²) in [6.45, 7) is 4.06. The zero-order valence-corrected chi connectivity index (χ0v) is 14.0. The van der Waals surface area contributed by atoms with Crippen molar-refractivity contribution in [3.05, 3.63) is 48.0 Å². The largest absolute Gasteiger partial charge is 0.505 e. The molecule has 1 aliphatic rings. The van der Waals surface area contributed by atoms with Crippen molar-refractivity contribution in [2.75, 3.05) is 19.7 Å². The number of ether oxygens (including phenoxy) is 1. The molecule has 0 saturated carbocycles. The van der Waals surface area contributed by atoms with E-state index < -0.39 is 0 Å². The maximum atomic E-state index is 9.17. The Morgan fingerprint density at radius 1 is 1.08 bits per heavy atom. The molecule has 1 aromatic carbocycles. The van der Waals surface area contributed by atoms with Crippen molar-refractivity contribution in [2.24, 2.45) is 0 Å². The van der Waals surface area contributed by atoms with Crippen LogP contribution in [0.5, 0.6) is 11.5 Å². The SMILES string of the molecule is Oc1cnc(CCCOc2cccc(CN3CCCCC3)c2)nc1. The van der Waals surface area contributed by atoms with Gasteiger partial charge in [-0.25, -0.2) is 9.97 Å². The first kappa shape index (κ1) is 16.7. The van der Waals surface area contributed by atoms with Gasteiger partial charge in [-0.1, -0.05) is 18.6 Å². The van der Waals surface area contributed by atoms with Gasteiger partial charge in [0, 0.05) is 13.0 Å². The monoisotopic (exact) mass is 327 g/mol. The van der Waals surface area contributed by atoms with Gasteiger partial charge < -0.3 is 9.84 Å². The van der Waals surface area contributed by atoms with E-state index in [0.29, 0.717) is 6.61 Å². The van der Waals surface area contributed by atoms with Gasteiger partial charge in [-0.3, -0.25) is 4.90 Å². The molecule has 3 rings (SSSR count). The van der Waals surface area contributed by atoms with Gasteiger partial charge in [-0.05, 0) is 50.0 Å². The van der Waals surface area contributed by atoms with Gasteiger partial charge in [0.2, 0.25) is 0 Å². The van der Waals surface area contributed by atoms with Gasteiger partial charge in [0.25, 0.3) is 0 Å². The third-order valence-electron chi connectivity index (χ3n) is 4.26. The standard InChI is InChI=1S/C19H25N3O2/c23-17-13-20-19(21-14-17)8-5-11-24-18-7-4-6-16(12-18)15-22-9-2-1-3-10-22/h4,6-7,12-14,23H,1-3,5,8-11,15H2. The summed E-state index contributed by atoms with van der Waals surface area (Å²) in [5.41, 5.74) is 1.32.